The van der Waals surface area contributed by atoms with Crippen LogP contribution in [0.3, 0.4) is 0 Å². The molecule has 0 spiro atoms. The molecular weight excluding hydrogens is 326 g/mol. The highest BCUT2D eigenvalue weighted by Gasteiger charge is 2.22. The summed E-state index contributed by atoms with van der Waals surface area (Å²) in [6, 6.07) is 14.3. The fourth-order valence-corrected chi connectivity index (χ4v) is 3.55. The molecule has 1 saturated heterocycles. The molecule has 3 aromatic rings. The zero-order valence-electron chi connectivity index (χ0n) is 15.1. The van der Waals surface area contributed by atoms with Crippen LogP contribution in [0.4, 0.5) is 5.82 Å². The van der Waals surface area contributed by atoms with Gasteiger partial charge in [-0.15, -0.1) is 0 Å². The van der Waals surface area contributed by atoms with Crippen molar-refractivity contribution in [3.05, 3.63) is 48.7 Å². The number of likely N-dealkylation sites (tertiary alicyclic amines) is 1. The molecule has 136 valence electrons. The van der Waals surface area contributed by atoms with Gasteiger partial charge >= 0.3 is 0 Å². The maximum Gasteiger partial charge on any atom is 0.157 e. The molecule has 1 aromatic carbocycles. The number of methoxy groups -OCH3 is 1. The van der Waals surface area contributed by atoms with E-state index in [0.717, 1.165) is 55.5 Å². The summed E-state index contributed by atoms with van der Waals surface area (Å²) >= 11 is 0. The van der Waals surface area contributed by atoms with E-state index in [9.17, 15) is 0 Å². The molecule has 0 saturated carbocycles. The second-order valence-corrected chi connectivity index (χ2v) is 6.82. The minimum atomic E-state index is 0.644. The molecular formula is C20H25N5O. The van der Waals surface area contributed by atoms with Crippen molar-refractivity contribution < 1.29 is 4.74 Å². The summed E-state index contributed by atoms with van der Waals surface area (Å²) in [5, 5.41) is 8.02. The lowest BCUT2D eigenvalue weighted by molar-refractivity contribution is 0.159. The molecule has 1 aliphatic rings. The molecule has 1 fully saturated rings. The van der Waals surface area contributed by atoms with Crippen molar-refractivity contribution in [3.63, 3.8) is 0 Å². The third kappa shape index (κ3) is 3.71. The molecule has 1 aliphatic heterocycles. The number of anilines is 1. The Morgan fingerprint density at radius 3 is 2.96 bits per heavy atom. The SMILES string of the molecule is COCCN1CCC(CNc2cc(-c3ccccc3)nc3ccnn23)C1. The Labute approximate surface area is 153 Å². The number of nitrogens with zero attached hydrogens (tertiary/aromatic N) is 4. The van der Waals surface area contributed by atoms with Gasteiger partial charge in [0.15, 0.2) is 5.65 Å². The molecule has 3 heterocycles. The van der Waals surface area contributed by atoms with Gasteiger partial charge in [-0.05, 0) is 18.9 Å². The van der Waals surface area contributed by atoms with E-state index in [4.69, 9.17) is 9.72 Å². The summed E-state index contributed by atoms with van der Waals surface area (Å²) in [6.07, 6.45) is 3.01. The Morgan fingerprint density at radius 2 is 2.12 bits per heavy atom. The maximum atomic E-state index is 5.19. The second-order valence-electron chi connectivity index (χ2n) is 6.82. The first-order valence-corrected chi connectivity index (χ1v) is 9.19. The summed E-state index contributed by atoms with van der Waals surface area (Å²) in [4.78, 5) is 7.20. The Morgan fingerprint density at radius 1 is 1.23 bits per heavy atom. The zero-order chi connectivity index (χ0) is 17.8. The van der Waals surface area contributed by atoms with Gasteiger partial charge in [0, 0.05) is 44.4 Å². The van der Waals surface area contributed by atoms with Crippen LogP contribution in [0, 0.1) is 5.92 Å². The molecule has 0 bridgehead atoms. The van der Waals surface area contributed by atoms with Gasteiger partial charge in [-0.2, -0.15) is 9.61 Å². The monoisotopic (exact) mass is 351 g/mol. The van der Waals surface area contributed by atoms with E-state index in [1.807, 2.05) is 28.8 Å². The molecule has 26 heavy (non-hydrogen) atoms. The van der Waals surface area contributed by atoms with Crippen LogP contribution in [-0.2, 0) is 4.74 Å². The molecule has 2 aromatic heterocycles. The number of benzene rings is 1. The first-order chi connectivity index (χ1) is 12.8. The summed E-state index contributed by atoms with van der Waals surface area (Å²) < 4.78 is 7.07. The van der Waals surface area contributed by atoms with Crippen LogP contribution in [0.25, 0.3) is 16.9 Å². The van der Waals surface area contributed by atoms with Gasteiger partial charge in [-0.25, -0.2) is 4.98 Å². The quantitative estimate of drug-likeness (QED) is 0.709. The molecule has 6 heteroatoms. The Balaban J connectivity index is 1.49. The predicted molar refractivity (Wildman–Crippen MR) is 103 cm³/mol. The van der Waals surface area contributed by atoms with Crippen LogP contribution in [0.15, 0.2) is 48.7 Å². The first kappa shape index (κ1) is 17.0. The lowest BCUT2D eigenvalue weighted by Gasteiger charge is -2.16. The lowest BCUT2D eigenvalue weighted by Crippen LogP contribution is -2.26. The van der Waals surface area contributed by atoms with Crippen LogP contribution >= 0.6 is 0 Å². The molecule has 1 N–H and O–H groups in total. The average molecular weight is 351 g/mol. The molecule has 0 radical (unpaired) electrons. The summed E-state index contributed by atoms with van der Waals surface area (Å²) in [5.74, 6) is 1.64. The third-order valence-electron chi connectivity index (χ3n) is 4.98. The van der Waals surface area contributed by atoms with Crippen molar-refractivity contribution in [2.75, 3.05) is 45.2 Å². The Hall–Kier alpha value is -2.44. The van der Waals surface area contributed by atoms with Crippen molar-refractivity contribution >= 4 is 11.5 Å². The third-order valence-corrected chi connectivity index (χ3v) is 4.98. The maximum absolute atomic E-state index is 5.19. The largest absolute Gasteiger partial charge is 0.383 e. The van der Waals surface area contributed by atoms with E-state index >= 15 is 0 Å². The van der Waals surface area contributed by atoms with Gasteiger partial charge in [-0.1, -0.05) is 30.3 Å². The van der Waals surface area contributed by atoms with Gasteiger partial charge in [-0.3, -0.25) is 0 Å². The first-order valence-electron chi connectivity index (χ1n) is 9.19. The van der Waals surface area contributed by atoms with Gasteiger partial charge in [0.05, 0.1) is 18.5 Å². The van der Waals surface area contributed by atoms with Crippen LogP contribution in [-0.4, -0.2) is 59.4 Å². The summed E-state index contributed by atoms with van der Waals surface area (Å²) in [6.45, 7) is 5.03. The topological polar surface area (TPSA) is 54.7 Å². The van der Waals surface area contributed by atoms with Crippen molar-refractivity contribution in [1.29, 1.82) is 0 Å². The molecule has 1 atom stereocenters. The van der Waals surface area contributed by atoms with E-state index in [1.54, 1.807) is 13.3 Å². The van der Waals surface area contributed by atoms with Crippen LogP contribution in [0.5, 0.6) is 0 Å². The van der Waals surface area contributed by atoms with Crippen LogP contribution in [0.2, 0.25) is 0 Å². The number of ether oxygens (including phenoxy) is 1. The van der Waals surface area contributed by atoms with Gasteiger partial charge < -0.3 is 15.0 Å². The lowest BCUT2D eigenvalue weighted by atomic mass is 10.1. The van der Waals surface area contributed by atoms with Gasteiger partial charge in [0.25, 0.3) is 0 Å². The fraction of sp³-hybridized carbons (Fsp3) is 0.400. The average Bonchev–Trinajstić information content (AvgIpc) is 3.34. The van der Waals surface area contributed by atoms with E-state index < -0.39 is 0 Å². The Bertz CT molecular complexity index is 848. The smallest absolute Gasteiger partial charge is 0.157 e. The second kappa shape index (κ2) is 7.85. The molecule has 1 unspecified atom stereocenters. The minimum Gasteiger partial charge on any atom is -0.383 e. The van der Waals surface area contributed by atoms with Crippen molar-refractivity contribution in [2.45, 2.75) is 6.42 Å². The molecule has 0 aliphatic carbocycles. The summed E-state index contributed by atoms with van der Waals surface area (Å²) in [7, 11) is 1.76. The molecule has 6 nitrogen and oxygen atoms in total. The number of fused-ring (bicyclic) bond motifs is 1. The zero-order valence-corrected chi connectivity index (χ0v) is 15.1. The van der Waals surface area contributed by atoms with Crippen LogP contribution < -0.4 is 5.32 Å². The molecule has 4 rings (SSSR count). The minimum absolute atomic E-state index is 0.644. The highest BCUT2D eigenvalue weighted by Crippen LogP contribution is 2.23. The van der Waals surface area contributed by atoms with Crippen molar-refractivity contribution in [1.82, 2.24) is 19.5 Å². The predicted octanol–water partition coefficient (Wildman–Crippen LogP) is 2.78. The van der Waals surface area contributed by atoms with E-state index in [0.29, 0.717) is 5.92 Å². The van der Waals surface area contributed by atoms with E-state index in [1.165, 1.54) is 6.42 Å². The van der Waals surface area contributed by atoms with Gasteiger partial charge in [0.2, 0.25) is 0 Å². The van der Waals surface area contributed by atoms with E-state index in [-0.39, 0.29) is 0 Å². The highest BCUT2D eigenvalue weighted by atomic mass is 16.5. The fourth-order valence-electron chi connectivity index (χ4n) is 3.55. The number of hydrogen-bond donors (Lipinski definition) is 1. The molecule has 0 amide bonds. The standard InChI is InChI=1S/C20H25N5O/c1-26-12-11-24-10-8-16(15-24)14-21-20-13-18(17-5-3-2-4-6-17)23-19-7-9-22-25(19)20/h2-7,9,13,16,21H,8,10-12,14-15H2,1H3. The van der Waals surface area contributed by atoms with Crippen LogP contribution in [0.1, 0.15) is 6.42 Å². The van der Waals surface area contributed by atoms with Crippen molar-refractivity contribution in [2.24, 2.45) is 5.92 Å². The number of rotatable bonds is 7. The van der Waals surface area contributed by atoms with E-state index in [2.05, 4.69) is 33.5 Å². The summed E-state index contributed by atoms with van der Waals surface area (Å²) in [5.41, 5.74) is 2.95. The normalized spacial score (nSPS) is 17.8. The highest BCUT2D eigenvalue weighted by molar-refractivity contribution is 5.66. The van der Waals surface area contributed by atoms with Gasteiger partial charge in [0.1, 0.15) is 5.82 Å². The number of nitrogens with one attached hydrogen (secondary N) is 1. The number of hydrogen-bond acceptors (Lipinski definition) is 5. The van der Waals surface area contributed by atoms with Crippen molar-refractivity contribution in [3.8, 4) is 11.3 Å². The number of aromatic nitrogens is 3. The Kier molecular flexibility index (Phi) is 5.13.